The van der Waals surface area contributed by atoms with E-state index in [-0.39, 0.29) is 0 Å². The number of nitrogens with zero attached hydrogens (tertiary/aromatic N) is 3. The topological polar surface area (TPSA) is 43.9 Å². The fraction of sp³-hybridized carbons (Fsp3) is 0. The van der Waals surface area contributed by atoms with Crippen LogP contribution in [-0.4, -0.2) is 14.5 Å². The largest absolute Gasteiger partial charge is 0.455 e. The highest BCUT2D eigenvalue weighted by Gasteiger charge is 2.24. The predicted octanol–water partition coefficient (Wildman–Crippen LogP) is 12.7. The van der Waals surface area contributed by atoms with Gasteiger partial charge >= 0.3 is 0 Å². The average Bonchev–Trinajstić information content (AvgIpc) is 3.79. The van der Waals surface area contributed by atoms with Gasteiger partial charge in [-0.25, -0.2) is 9.97 Å². The van der Waals surface area contributed by atoms with E-state index in [9.17, 15) is 0 Å². The molecule has 10 aromatic rings. The molecule has 10 rings (SSSR count). The summed E-state index contributed by atoms with van der Waals surface area (Å²) in [5.74, 6) is 1.46. The molecule has 244 valence electrons. The molecular weight excluding hydrogens is 635 g/mol. The van der Waals surface area contributed by atoms with Gasteiger partial charge < -0.3 is 4.42 Å². The highest BCUT2D eigenvalue weighted by Crippen LogP contribution is 2.46. The van der Waals surface area contributed by atoms with Gasteiger partial charge in [0.05, 0.1) is 27.8 Å². The summed E-state index contributed by atoms with van der Waals surface area (Å²) in [6.07, 6.45) is 0. The van der Waals surface area contributed by atoms with E-state index in [2.05, 4.69) is 162 Å². The lowest BCUT2D eigenvalue weighted by atomic mass is 9.98. The van der Waals surface area contributed by atoms with Crippen LogP contribution in [0.15, 0.2) is 192 Å². The highest BCUT2D eigenvalue weighted by molar-refractivity contribution is 6.22. The van der Waals surface area contributed by atoms with Gasteiger partial charge in [-0.3, -0.25) is 4.57 Å². The first-order valence-corrected chi connectivity index (χ1v) is 17.5. The Bertz CT molecular complexity index is 2860. The summed E-state index contributed by atoms with van der Waals surface area (Å²) in [7, 11) is 0. The molecule has 4 heteroatoms. The van der Waals surface area contributed by atoms with Gasteiger partial charge in [0.25, 0.3) is 0 Å². The molecule has 0 aliphatic rings. The zero-order valence-corrected chi connectivity index (χ0v) is 28.1. The first kappa shape index (κ1) is 29.8. The molecule has 0 saturated carbocycles. The van der Waals surface area contributed by atoms with Gasteiger partial charge in [-0.15, -0.1) is 0 Å². The van der Waals surface area contributed by atoms with E-state index < -0.39 is 0 Å². The molecule has 0 aliphatic carbocycles. The summed E-state index contributed by atoms with van der Waals surface area (Å²) in [6.45, 7) is 0. The SMILES string of the molecule is c1ccc(-c2ccc(-c3cc(-c4ccccc4)nc(-n4c5ccccc5c5c6oc(-c7ccccc7)c(-c7ccccc7)c6ccc54)n3)cc2)cc1. The van der Waals surface area contributed by atoms with Crippen LogP contribution in [0.5, 0.6) is 0 Å². The second-order valence-electron chi connectivity index (χ2n) is 13.0. The number of hydrogen-bond donors (Lipinski definition) is 0. The van der Waals surface area contributed by atoms with E-state index in [0.717, 1.165) is 83.3 Å². The zero-order valence-electron chi connectivity index (χ0n) is 28.1. The van der Waals surface area contributed by atoms with E-state index in [1.807, 2.05) is 30.3 Å². The van der Waals surface area contributed by atoms with Gasteiger partial charge in [-0.05, 0) is 41.0 Å². The molecular formula is C48H31N3O. The maximum Gasteiger partial charge on any atom is 0.235 e. The number of rotatable bonds is 6. The zero-order chi connectivity index (χ0) is 34.4. The molecule has 4 nitrogen and oxygen atoms in total. The molecule has 7 aromatic carbocycles. The molecule has 0 atom stereocenters. The van der Waals surface area contributed by atoms with Gasteiger partial charge in [0, 0.05) is 33.0 Å². The van der Waals surface area contributed by atoms with Gasteiger partial charge in [0.2, 0.25) is 5.95 Å². The van der Waals surface area contributed by atoms with E-state index in [4.69, 9.17) is 14.4 Å². The van der Waals surface area contributed by atoms with E-state index in [1.165, 1.54) is 5.56 Å². The van der Waals surface area contributed by atoms with Crippen molar-refractivity contribution in [2.75, 3.05) is 0 Å². The van der Waals surface area contributed by atoms with Gasteiger partial charge in [0.15, 0.2) is 0 Å². The second-order valence-corrected chi connectivity index (χ2v) is 13.0. The minimum atomic E-state index is 0.604. The number of benzene rings is 7. The van der Waals surface area contributed by atoms with Crippen molar-refractivity contribution in [1.29, 1.82) is 0 Å². The number of hydrogen-bond acceptors (Lipinski definition) is 3. The molecule has 0 fully saturated rings. The van der Waals surface area contributed by atoms with Crippen LogP contribution in [-0.2, 0) is 0 Å². The number of aromatic nitrogens is 3. The summed E-state index contributed by atoms with van der Waals surface area (Å²) in [6, 6.07) is 65.3. The first-order valence-electron chi connectivity index (χ1n) is 17.5. The quantitative estimate of drug-likeness (QED) is 0.178. The van der Waals surface area contributed by atoms with Crippen molar-refractivity contribution in [3.05, 3.63) is 188 Å². The van der Waals surface area contributed by atoms with Gasteiger partial charge in [0.1, 0.15) is 11.3 Å². The predicted molar refractivity (Wildman–Crippen MR) is 213 cm³/mol. The number of fused-ring (bicyclic) bond motifs is 5. The molecule has 0 aliphatic heterocycles. The van der Waals surface area contributed by atoms with Crippen molar-refractivity contribution in [2.24, 2.45) is 0 Å². The molecule has 0 radical (unpaired) electrons. The van der Waals surface area contributed by atoms with E-state index in [1.54, 1.807) is 0 Å². The second kappa shape index (κ2) is 12.4. The van der Waals surface area contributed by atoms with Crippen LogP contribution < -0.4 is 0 Å². The van der Waals surface area contributed by atoms with Crippen LogP contribution >= 0.6 is 0 Å². The van der Waals surface area contributed by atoms with Gasteiger partial charge in [-0.2, -0.15) is 0 Å². The molecule has 0 N–H and O–H groups in total. The Balaban J connectivity index is 1.23. The third-order valence-electron chi connectivity index (χ3n) is 9.86. The van der Waals surface area contributed by atoms with Crippen molar-refractivity contribution in [1.82, 2.24) is 14.5 Å². The van der Waals surface area contributed by atoms with Crippen molar-refractivity contribution >= 4 is 32.8 Å². The molecule has 0 saturated heterocycles. The van der Waals surface area contributed by atoms with Crippen LogP contribution in [0.3, 0.4) is 0 Å². The molecule has 0 bridgehead atoms. The lowest BCUT2D eigenvalue weighted by molar-refractivity contribution is 0.636. The number of furan rings is 1. The Morgan fingerprint density at radius 1 is 0.385 bits per heavy atom. The van der Waals surface area contributed by atoms with Crippen LogP contribution in [0, 0.1) is 0 Å². The van der Waals surface area contributed by atoms with Crippen LogP contribution in [0.4, 0.5) is 0 Å². The smallest absolute Gasteiger partial charge is 0.235 e. The van der Waals surface area contributed by atoms with E-state index in [0.29, 0.717) is 5.95 Å². The minimum absolute atomic E-state index is 0.604. The van der Waals surface area contributed by atoms with Crippen molar-refractivity contribution in [3.63, 3.8) is 0 Å². The first-order chi connectivity index (χ1) is 25.8. The monoisotopic (exact) mass is 665 g/mol. The summed E-state index contributed by atoms with van der Waals surface area (Å²) in [5.41, 5.74) is 12.2. The van der Waals surface area contributed by atoms with Crippen LogP contribution in [0.1, 0.15) is 0 Å². The Morgan fingerprint density at radius 3 is 1.54 bits per heavy atom. The van der Waals surface area contributed by atoms with Crippen molar-refractivity contribution < 1.29 is 4.42 Å². The van der Waals surface area contributed by atoms with Crippen LogP contribution in [0.25, 0.3) is 94.8 Å². The Morgan fingerprint density at radius 2 is 0.885 bits per heavy atom. The molecule has 0 unspecified atom stereocenters. The Hall–Kier alpha value is -7.04. The lowest BCUT2D eigenvalue weighted by Gasteiger charge is -2.12. The number of para-hydroxylation sites is 1. The Kier molecular flexibility index (Phi) is 7.10. The fourth-order valence-corrected chi connectivity index (χ4v) is 7.41. The molecule has 52 heavy (non-hydrogen) atoms. The normalized spacial score (nSPS) is 11.5. The molecule has 3 heterocycles. The fourth-order valence-electron chi connectivity index (χ4n) is 7.41. The van der Waals surface area contributed by atoms with E-state index >= 15 is 0 Å². The van der Waals surface area contributed by atoms with Crippen LogP contribution in [0.2, 0.25) is 0 Å². The maximum atomic E-state index is 6.99. The third-order valence-corrected chi connectivity index (χ3v) is 9.86. The summed E-state index contributed by atoms with van der Waals surface area (Å²) < 4.78 is 9.18. The van der Waals surface area contributed by atoms with Crippen molar-refractivity contribution in [3.8, 4) is 62.0 Å². The summed E-state index contributed by atoms with van der Waals surface area (Å²) >= 11 is 0. The van der Waals surface area contributed by atoms with Gasteiger partial charge in [-0.1, -0.05) is 164 Å². The molecule has 0 amide bonds. The summed E-state index contributed by atoms with van der Waals surface area (Å²) in [5, 5.41) is 3.19. The minimum Gasteiger partial charge on any atom is -0.455 e. The molecule has 0 spiro atoms. The van der Waals surface area contributed by atoms with Crippen molar-refractivity contribution in [2.45, 2.75) is 0 Å². The lowest BCUT2D eigenvalue weighted by Crippen LogP contribution is -2.04. The summed E-state index contributed by atoms with van der Waals surface area (Å²) in [4.78, 5) is 10.5. The third kappa shape index (κ3) is 5.00. The standard InChI is InChI=1S/C48H31N3O/c1-5-15-32(16-6-1)33-25-27-35(28-26-33)41-31-40(34-17-7-2-8-18-34)49-48(50-41)51-42-24-14-13-23-38(42)45-43(51)30-29-39-44(36-19-9-3-10-20-36)46(52-47(39)45)37-21-11-4-12-22-37/h1-31H. The maximum absolute atomic E-state index is 6.99. The Labute approximate surface area is 300 Å². The average molecular weight is 666 g/mol. The highest BCUT2D eigenvalue weighted by atomic mass is 16.3. The molecule has 3 aromatic heterocycles.